The van der Waals surface area contributed by atoms with Crippen LogP contribution < -0.4 is 0 Å². The lowest BCUT2D eigenvalue weighted by Gasteiger charge is -1.84. The second-order valence-electron chi connectivity index (χ2n) is 1.79. The first kappa shape index (κ1) is 5.73. The van der Waals surface area contributed by atoms with E-state index in [1.807, 2.05) is 0 Å². The van der Waals surface area contributed by atoms with Gasteiger partial charge in [-0.15, -0.1) is 5.10 Å². The molecule has 0 amide bonds. The predicted molar refractivity (Wildman–Crippen MR) is 36.2 cm³/mol. The quantitative estimate of drug-likeness (QED) is 0.574. The highest BCUT2D eigenvalue weighted by molar-refractivity contribution is 7.12. The average Bonchev–Trinajstić information content (AvgIpc) is 2.36. The second-order valence-corrected chi connectivity index (χ2v) is 2.54. The van der Waals surface area contributed by atoms with Crippen LogP contribution in [0.15, 0.2) is 12.1 Å². The summed E-state index contributed by atoms with van der Waals surface area (Å²) in [5.41, 5.74) is 0.574. The number of aromatic nitrogens is 2. The van der Waals surface area contributed by atoms with Gasteiger partial charge >= 0.3 is 0 Å². The zero-order chi connectivity index (χ0) is 6.97. The Hall–Kier alpha value is -1.03. The molecule has 10 heavy (non-hydrogen) atoms. The molecule has 0 saturated carbocycles. The zero-order valence-corrected chi connectivity index (χ0v) is 5.65. The summed E-state index contributed by atoms with van der Waals surface area (Å²) in [6, 6.07) is 5.51. The van der Waals surface area contributed by atoms with Crippen molar-refractivity contribution in [2.45, 2.75) is 0 Å². The average molecular weight is 153 g/mol. The molecule has 0 unspecified atom stereocenters. The summed E-state index contributed by atoms with van der Waals surface area (Å²) in [5, 5.41) is 3.68. The van der Waals surface area contributed by atoms with Gasteiger partial charge in [0.2, 0.25) is 0 Å². The Morgan fingerprint density at radius 1 is 1.50 bits per heavy atom. The maximum Gasteiger partial charge on any atom is 0.144 e. The summed E-state index contributed by atoms with van der Waals surface area (Å²) in [6.45, 7) is 0. The predicted octanol–water partition coefficient (Wildman–Crippen LogP) is 1.63. The van der Waals surface area contributed by atoms with Crippen molar-refractivity contribution in [1.29, 1.82) is 0 Å². The van der Waals surface area contributed by atoms with Gasteiger partial charge in [-0.3, -0.25) is 0 Å². The zero-order valence-electron chi connectivity index (χ0n) is 4.84. The molecule has 2 aromatic rings. The lowest BCUT2D eigenvalue weighted by molar-refractivity contribution is 0.641. The van der Waals surface area contributed by atoms with Gasteiger partial charge in [0.1, 0.15) is 16.0 Å². The molecule has 0 atom stereocenters. The molecule has 1 radical (unpaired) electrons. The largest absolute Gasteiger partial charge is 0.205 e. The third-order valence-corrected chi connectivity index (χ3v) is 1.91. The number of halogens is 1. The van der Waals surface area contributed by atoms with Crippen molar-refractivity contribution in [3.8, 4) is 0 Å². The van der Waals surface area contributed by atoms with Gasteiger partial charge in [0.25, 0.3) is 0 Å². The van der Waals surface area contributed by atoms with Crippen molar-refractivity contribution >= 4 is 21.7 Å². The van der Waals surface area contributed by atoms with Crippen LogP contribution in [0.2, 0.25) is 0 Å². The van der Waals surface area contributed by atoms with Crippen molar-refractivity contribution < 1.29 is 4.39 Å². The van der Waals surface area contributed by atoms with E-state index in [1.165, 1.54) is 6.07 Å². The van der Waals surface area contributed by atoms with E-state index in [4.69, 9.17) is 0 Å². The van der Waals surface area contributed by atoms with E-state index in [2.05, 4.69) is 15.7 Å². The number of hydrogen-bond acceptors (Lipinski definition) is 3. The molecular weight excluding hydrogens is 151 g/mol. The van der Waals surface area contributed by atoms with Gasteiger partial charge in [0.15, 0.2) is 0 Å². The number of benzene rings is 1. The second kappa shape index (κ2) is 1.98. The van der Waals surface area contributed by atoms with Crippen LogP contribution in [-0.2, 0) is 0 Å². The third kappa shape index (κ3) is 0.690. The third-order valence-electron chi connectivity index (χ3n) is 1.16. The minimum atomic E-state index is -0.299. The van der Waals surface area contributed by atoms with E-state index in [0.717, 1.165) is 11.5 Å². The summed E-state index contributed by atoms with van der Waals surface area (Å²) in [4.78, 5) is 0. The van der Waals surface area contributed by atoms with Gasteiger partial charge in [-0.25, -0.2) is 4.39 Å². The minimum absolute atomic E-state index is 0.299. The molecule has 0 spiro atoms. The SMILES string of the molecule is Fc1c[c]cc2nnsc12. The fraction of sp³-hybridized carbons (Fsp3) is 0. The van der Waals surface area contributed by atoms with Crippen LogP contribution in [0.1, 0.15) is 0 Å². The molecule has 0 N–H and O–H groups in total. The van der Waals surface area contributed by atoms with Crippen LogP contribution in [0.5, 0.6) is 0 Å². The highest BCUT2D eigenvalue weighted by atomic mass is 32.1. The van der Waals surface area contributed by atoms with Crippen LogP contribution in [0.4, 0.5) is 4.39 Å². The van der Waals surface area contributed by atoms with Crippen LogP contribution in [-0.4, -0.2) is 9.59 Å². The van der Waals surface area contributed by atoms with E-state index in [0.29, 0.717) is 10.2 Å². The number of nitrogens with zero attached hydrogens (tertiary/aromatic N) is 2. The Labute approximate surface area is 60.5 Å². The highest BCUT2D eigenvalue weighted by Gasteiger charge is 2.01. The van der Waals surface area contributed by atoms with Gasteiger partial charge < -0.3 is 0 Å². The van der Waals surface area contributed by atoms with E-state index in [-0.39, 0.29) is 5.82 Å². The number of fused-ring (bicyclic) bond motifs is 1. The molecule has 1 heterocycles. The van der Waals surface area contributed by atoms with Crippen molar-refractivity contribution in [1.82, 2.24) is 9.59 Å². The van der Waals surface area contributed by atoms with Crippen LogP contribution in [0.3, 0.4) is 0 Å². The first-order valence-electron chi connectivity index (χ1n) is 2.65. The summed E-state index contributed by atoms with van der Waals surface area (Å²) < 4.78 is 16.8. The van der Waals surface area contributed by atoms with Crippen LogP contribution >= 0.6 is 11.5 Å². The molecule has 0 fully saturated rings. The maximum absolute atomic E-state index is 12.7. The normalized spacial score (nSPS) is 10.5. The molecule has 1 aromatic heterocycles. The molecule has 0 aliphatic heterocycles. The fourth-order valence-electron chi connectivity index (χ4n) is 0.717. The van der Waals surface area contributed by atoms with E-state index >= 15 is 0 Å². The summed E-state index contributed by atoms with van der Waals surface area (Å²) in [7, 11) is 0. The van der Waals surface area contributed by atoms with Gasteiger partial charge in [-0.05, 0) is 29.7 Å². The molecule has 1 aromatic carbocycles. The Kier molecular flexibility index (Phi) is 1.14. The molecule has 4 heteroatoms. The monoisotopic (exact) mass is 153 g/mol. The lowest BCUT2D eigenvalue weighted by atomic mass is 10.3. The molecular formula is C6H2FN2S. The maximum atomic E-state index is 12.7. The van der Waals surface area contributed by atoms with Crippen LogP contribution in [0, 0.1) is 11.9 Å². The molecule has 0 aliphatic rings. The summed E-state index contributed by atoms with van der Waals surface area (Å²) in [6.07, 6.45) is 0. The van der Waals surface area contributed by atoms with Crippen molar-refractivity contribution in [3.05, 3.63) is 24.0 Å². The topological polar surface area (TPSA) is 25.8 Å². The van der Waals surface area contributed by atoms with E-state index in [9.17, 15) is 4.39 Å². The molecule has 49 valence electrons. The standard InChI is InChI=1S/C6H2FN2S/c7-4-2-1-3-5-6(4)10-9-8-5/h2-3H. The minimum Gasteiger partial charge on any atom is -0.205 e. The van der Waals surface area contributed by atoms with E-state index in [1.54, 1.807) is 6.07 Å². The molecule has 2 nitrogen and oxygen atoms in total. The van der Waals surface area contributed by atoms with Gasteiger partial charge in [0.05, 0.1) is 0 Å². The Morgan fingerprint density at radius 2 is 2.40 bits per heavy atom. The highest BCUT2D eigenvalue weighted by Crippen LogP contribution is 2.17. The summed E-state index contributed by atoms with van der Waals surface area (Å²) >= 11 is 1.06. The summed E-state index contributed by atoms with van der Waals surface area (Å²) in [5.74, 6) is -0.299. The fourth-order valence-corrected chi connectivity index (χ4v) is 1.27. The first-order chi connectivity index (χ1) is 4.88. The molecule has 0 saturated heterocycles. The molecule has 0 bridgehead atoms. The van der Waals surface area contributed by atoms with Gasteiger partial charge in [0, 0.05) is 0 Å². The molecule has 2 rings (SSSR count). The van der Waals surface area contributed by atoms with Crippen LogP contribution in [0.25, 0.3) is 10.2 Å². The number of hydrogen-bond donors (Lipinski definition) is 0. The van der Waals surface area contributed by atoms with Crippen molar-refractivity contribution in [2.75, 3.05) is 0 Å². The Balaban J connectivity index is 2.95. The van der Waals surface area contributed by atoms with Gasteiger partial charge in [-0.2, -0.15) is 0 Å². The van der Waals surface area contributed by atoms with Crippen molar-refractivity contribution in [3.63, 3.8) is 0 Å². The Bertz CT molecular complexity index is 357. The smallest absolute Gasteiger partial charge is 0.144 e. The lowest BCUT2D eigenvalue weighted by Crippen LogP contribution is -1.72. The first-order valence-corrected chi connectivity index (χ1v) is 3.43. The number of rotatable bonds is 0. The Morgan fingerprint density at radius 3 is 3.20 bits per heavy atom. The van der Waals surface area contributed by atoms with Crippen molar-refractivity contribution in [2.24, 2.45) is 0 Å². The molecule has 0 aliphatic carbocycles. The van der Waals surface area contributed by atoms with E-state index < -0.39 is 0 Å². The van der Waals surface area contributed by atoms with Gasteiger partial charge in [-0.1, -0.05) is 4.49 Å².